The molecule has 6 nitrogen and oxygen atoms in total. The molecule has 2 N–H and O–H groups in total. The first-order chi connectivity index (χ1) is 9.60. The molecule has 0 aliphatic heterocycles. The number of halogens is 3. The Hall–Kier alpha value is -1.67. The number of aromatic nitrogens is 4. The van der Waals surface area contributed by atoms with Crippen molar-refractivity contribution in [1.29, 1.82) is 0 Å². The van der Waals surface area contributed by atoms with Crippen LogP contribution in [0, 0.1) is 6.92 Å². The van der Waals surface area contributed by atoms with Gasteiger partial charge in [0.15, 0.2) is 0 Å². The molecule has 21 heavy (non-hydrogen) atoms. The minimum atomic E-state index is -2.41. The van der Waals surface area contributed by atoms with Crippen LogP contribution in [0.1, 0.15) is 11.3 Å². The van der Waals surface area contributed by atoms with Gasteiger partial charge in [-0.2, -0.15) is 10.2 Å². The number of hydrogen-bond acceptors (Lipinski definition) is 4. The number of rotatable bonds is 7. The standard InChI is InChI=1S/C12H17F2N5O.ClH/c1-9-10(7-16-19(9)8-11(13)14)6-15-12-2-3-18(17-12)4-5-20;/h2-3,7,11,20H,4-6,8H2,1H3,(H,15,17);1H. The van der Waals surface area contributed by atoms with E-state index in [0.717, 1.165) is 5.56 Å². The molecule has 2 aromatic rings. The monoisotopic (exact) mass is 321 g/mol. The molecule has 0 saturated heterocycles. The summed E-state index contributed by atoms with van der Waals surface area (Å²) in [5.74, 6) is 0.666. The van der Waals surface area contributed by atoms with Crippen LogP contribution in [0.2, 0.25) is 0 Å². The molecule has 0 spiro atoms. The second-order valence-electron chi connectivity index (χ2n) is 4.37. The second kappa shape index (κ2) is 7.94. The lowest BCUT2D eigenvalue weighted by atomic mass is 10.2. The molecule has 0 bridgehead atoms. The number of aliphatic hydroxyl groups excluding tert-OH is 1. The van der Waals surface area contributed by atoms with Crippen molar-refractivity contribution in [2.24, 2.45) is 0 Å². The Morgan fingerprint density at radius 3 is 2.86 bits per heavy atom. The highest BCUT2D eigenvalue weighted by Crippen LogP contribution is 2.12. The number of aliphatic hydroxyl groups is 1. The van der Waals surface area contributed by atoms with Crippen molar-refractivity contribution in [1.82, 2.24) is 19.6 Å². The van der Waals surface area contributed by atoms with Crippen LogP contribution >= 0.6 is 12.4 Å². The molecule has 0 saturated carbocycles. The van der Waals surface area contributed by atoms with E-state index < -0.39 is 13.0 Å². The molecule has 0 radical (unpaired) electrons. The van der Waals surface area contributed by atoms with Crippen LogP contribution in [-0.4, -0.2) is 37.7 Å². The molecule has 2 rings (SSSR count). The maximum atomic E-state index is 12.3. The first-order valence-electron chi connectivity index (χ1n) is 6.27. The fraction of sp³-hybridized carbons (Fsp3) is 0.500. The van der Waals surface area contributed by atoms with E-state index in [9.17, 15) is 8.78 Å². The van der Waals surface area contributed by atoms with Crippen molar-refractivity contribution in [2.45, 2.75) is 33.0 Å². The van der Waals surface area contributed by atoms with E-state index in [1.54, 1.807) is 30.1 Å². The number of alkyl halides is 2. The van der Waals surface area contributed by atoms with Crippen LogP contribution in [0.3, 0.4) is 0 Å². The SMILES string of the molecule is Cc1c(CNc2ccn(CCO)n2)cnn1CC(F)F.Cl. The lowest BCUT2D eigenvalue weighted by Crippen LogP contribution is -2.10. The summed E-state index contributed by atoms with van der Waals surface area (Å²) >= 11 is 0. The molecule has 2 heterocycles. The Bertz CT molecular complexity index is 558. The van der Waals surface area contributed by atoms with Crippen LogP contribution in [-0.2, 0) is 19.6 Å². The van der Waals surface area contributed by atoms with Gasteiger partial charge in [-0.25, -0.2) is 8.78 Å². The number of anilines is 1. The highest BCUT2D eigenvalue weighted by Gasteiger charge is 2.11. The predicted molar refractivity (Wildman–Crippen MR) is 76.9 cm³/mol. The Morgan fingerprint density at radius 2 is 2.19 bits per heavy atom. The van der Waals surface area contributed by atoms with Gasteiger partial charge >= 0.3 is 0 Å². The fourth-order valence-corrected chi connectivity index (χ4v) is 1.84. The summed E-state index contributed by atoms with van der Waals surface area (Å²) in [5, 5.41) is 20.0. The largest absolute Gasteiger partial charge is 0.394 e. The predicted octanol–water partition coefficient (Wildman–Crippen LogP) is 1.68. The molecular weight excluding hydrogens is 304 g/mol. The zero-order valence-electron chi connectivity index (χ0n) is 11.5. The van der Waals surface area contributed by atoms with Gasteiger partial charge in [0.25, 0.3) is 6.43 Å². The molecule has 9 heteroatoms. The van der Waals surface area contributed by atoms with Crippen LogP contribution < -0.4 is 5.32 Å². The van der Waals surface area contributed by atoms with Crippen molar-refractivity contribution >= 4 is 18.2 Å². The third-order valence-electron chi connectivity index (χ3n) is 2.95. The van der Waals surface area contributed by atoms with Crippen molar-refractivity contribution in [2.75, 3.05) is 11.9 Å². The van der Waals surface area contributed by atoms with E-state index in [1.807, 2.05) is 0 Å². The third-order valence-corrected chi connectivity index (χ3v) is 2.95. The molecule has 0 aromatic carbocycles. The smallest absolute Gasteiger partial charge is 0.257 e. The van der Waals surface area contributed by atoms with Gasteiger partial charge in [0.1, 0.15) is 12.4 Å². The molecule has 0 amide bonds. The lowest BCUT2D eigenvalue weighted by Gasteiger charge is -2.05. The van der Waals surface area contributed by atoms with E-state index in [0.29, 0.717) is 24.6 Å². The van der Waals surface area contributed by atoms with E-state index in [-0.39, 0.29) is 19.0 Å². The van der Waals surface area contributed by atoms with Crippen molar-refractivity contribution in [3.63, 3.8) is 0 Å². The van der Waals surface area contributed by atoms with Crippen LogP contribution in [0.4, 0.5) is 14.6 Å². The molecule has 118 valence electrons. The summed E-state index contributed by atoms with van der Waals surface area (Å²) < 4.78 is 27.6. The zero-order valence-corrected chi connectivity index (χ0v) is 12.4. The van der Waals surface area contributed by atoms with Crippen molar-refractivity contribution in [3.05, 3.63) is 29.7 Å². The first-order valence-corrected chi connectivity index (χ1v) is 6.27. The molecule has 0 aliphatic rings. The fourth-order valence-electron chi connectivity index (χ4n) is 1.84. The van der Waals surface area contributed by atoms with E-state index in [4.69, 9.17) is 5.11 Å². The van der Waals surface area contributed by atoms with Crippen molar-refractivity contribution < 1.29 is 13.9 Å². The summed E-state index contributed by atoms with van der Waals surface area (Å²) in [6.07, 6.45) is 0.921. The summed E-state index contributed by atoms with van der Waals surface area (Å²) in [6, 6.07) is 1.79. The molecule has 0 fully saturated rings. The van der Waals surface area contributed by atoms with Crippen molar-refractivity contribution in [3.8, 4) is 0 Å². The normalized spacial score (nSPS) is 10.7. The van der Waals surface area contributed by atoms with Gasteiger partial charge in [-0.15, -0.1) is 12.4 Å². The average Bonchev–Trinajstić information content (AvgIpc) is 2.96. The highest BCUT2D eigenvalue weighted by atomic mass is 35.5. The lowest BCUT2D eigenvalue weighted by molar-refractivity contribution is 0.121. The van der Waals surface area contributed by atoms with Crippen LogP contribution in [0.15, 0.2) is 18.5 Å². The van der Waals surface area contributed by atoms with E-state index in [2.05, 4.69) is 15.5 Å². The maximum absolute atomic E-state index is 12.3. The zero-order chi connectivity index (χ0) is 14.5. The van der Waals surface area contributed by atoms with E-state index in [1.165, 1.54) is 4.68 Å². The number of hydrogen-bond donors (Lipinski definition) is 2. The maximum Gasteiger partial charge on any atom is 0.257 e. The third kappa shape index (κ3) is 4.68. The summed E-state index contributed by atoms with van der Waals surface area (Å²) in [7, 11) is 0. The van der Waals surface area contributed by atoms with Gasteiger partial charge in [-0.1, -0.05) is 0 Å². The van der Waals surface area contributed by atoms with E-state index >= 15 is 0 Å². The Kier molecular flexibility index (Phi) is 6.57. The first kappa shape index (κ1) is 17.4. The van der Waals surface area contributed by atoms with Gasteiger partial charge in [-0.3, -0.25) is 9.36 Å². The molecule has 0 unspecified atom stereocenters. The average molecular weight is 322 g/mol. The minimum Gasteiger partial charge on any atom is -0.394 e. The topological polar surface area (TPSA) is 67.9 Å². The quantitative estimate of drug-likeness (QED) is 0.814. The van der Waals surface area contributed by atoms with Gasteiger partial charge in [0.05, 0.1) is 19.3 Å². The molecular formula is C12H18ClF2N5O. The summed E-state index contributed by atoms with van der Waals surface area (Å²) in [6.45, 7) is 2.30. The van der Waals surface area contributed by atoms with Gasteiger partial charge < -0.3 is 10.4 Å². The highest BCUT2D eigenvalue weighted by molar-refractivity contribution is 5.85. The second-order valence-corrected chi connectivity index (χ2v) is 4.37. The number of nitrogens with zero attached hydrogens (tertiary/aromatic N) is 4. The molecule has 2 aromatic heterocycles. The molecule has 0 atom stereocenters. The summed E-state index contributed by atoms with van der Waals surface area (Å²) in [4.78, 5) is 0. The molecule has 0 aliphatic carbocycles. The van der Waals surface area contributed by atoms with Gasteiger partial charge in [-0.05, 0) is 6.92 Å². The Balaban J connectivity index is 0.00000220. The van der Waals surface area contributed by atoms with Crippen LogP contribution in [0.25, 0.3) is 0 Å². The van der Waals surface area contributed by atoms with Crippen LogP contribution in [0.5, 0.6) is 0 Å². The van der Waals surface area contributed by atoms with Gasteiger partial charge in [0, 0.05) is 30.1 Å². The Labute approximate surface area is 127 Å². The minimum absolute atomic E-state index is 0. The van der Waals surface area contributed by atoms with Gasteiger partial charge in [0.2, 0.25) is 0 Å². The summed E-state index contributed by atoms with van der Waals surface area (Å²) in [5.41, 5.74) is 1.56. The number of nitrogens with one attached hydrogen (secondary N) is 1. The Morgan fingerprint density at radius 1 is 1.43 bits per heavy atom.